The first-order valence-corrected chi connectivity index (χ1v) is 4.28. The van der Waals surface area contributed by atoms with Gasteiger partial charge in [0.2, 0.25) is 0 Å². The fourth-order valence-corrected chi connectivity index (χ4v) is 1.35. The van der Waals surface area contributed by atoms with Crippen molar-refractivity contribution in [2.24, 2.45) is 0 Å². The number of halogens is 3. The molecule has 0 fully saturated rings. The predicted molar refractivity (Wildman–Crippen MR) is 49.8 cm³/mol. The number of nitrogens with zero attached hydrogens (tertiary/aromatic N) is 2. The molecule has 1 rings (SSSR count). The summed E-state index contributed by atoms with van der Waals surface area (Å²) in [6, 6.07) is 0.906. The largest absolute Gasteiger partial charge is 0.383 e. The molecule has 0 spiro atoms. The molecule has 1 aromatic rings. The van der Waals surface area contributed by atoms with Crippen molar-refractivity contribution in [1.82, 2.24) is 4.98 Å². The Bertz CT molecular complexity index is 400. The first kappa shape index (κ1) is 11.6. The maximum absolute atomic E-state index is 12.4. The fourth-order valence-electron chi connectivity index (χ4n) is 1.08. The molecule has 0 aliphatic rings. The number of aromatic nitrogens is 1. The lowest BCUT2D eigenvalue weighted by atomic mass is 10.2. The standard InChI is InChI=1S/C7H6ClF2N3O2/c8-2-3-4(13(14)15)1-5(11)12-6(3)7(9)10/h1,7H,2H2,(H2,11,12). The number of nitrogens with two attached hydrogens (primary N) is 1. The van der Waals surface area contributed by atoms with Crippen molar-refractivity contribution in [3.05, 3.63) is 27.4 Å². The van der Waals surface area contributed by atoms with Gasteiger partial charge in [0.15, 0.2) is 0 Å². The Balaban J connectivity index is 3.45. The summed E-state index contributed by atoms with van der Waals surface area (Å²) in [4.78, 5) is 13.0. The average Bonchev–Trinajstić information content (AvgIpc) is 2.16. The SMILES string of the molecule is Nc1cc([N+](=O)[O-])c(CCl)c(C(F)F)n1. The van der Waals surface area contributed by atoms with Gasteiger partial charge in [-0.15, -0.1) is 11.6 Å². The molecule has 5 nitrogen and oxygen atoms in total. The smallest absolute Gasteiger partial charge is 0.281 e. The Hall–Kier alpha value is -1.50. The Morgan fingerprint density at radius 3 is 2.67 bits per heavy atom. The fraction of sp³-hybridized carbons (Fsp3) is 0.286. The highest BCUT2D eigenvalue weighted by Gasteiger charge is 2.24. The molecule has 0 saturated carbocycles. The van der Waals surface area contributed by atoms with Gasteiger partial charge < -0.3 is 5.73 Å². The number of alkyl halides is 3. The Labute approximate surface area is 88.0 Å². The van der Waals surface area contributed by atoms with E-state index in [0.717, 1.165) is 6.07 Å². The molecule has 0 amide bonds. The van der Waals surface area contributed by atoms with Gasteiger partial charge in [0.1, 0.15) is 11.5 Å². The highest BCUT2D eigenvalue weighted by molar-refractivity contribution is 6.17. The van der Waals surface area contributed by atoms with Gasteiger partial charge in [-0.2, -0.15) is 0 Å². The van der Waals surface area contributed by atoms with Crippen LogP contribution >= 0.6 is 11.6 Å². The molecule has 0 unspecified atom stereocenters. The summed E-state index contributed by atoms with van der Waals surface area (Å²) in [5.41, 5.74) is 3.59. The van der Waals surface area contributed by atoms with Crippen LogP contribution in [0.4, 0.5) is 20.3 Å². The number of rotatable bonds is 3. The molecule has 0 aromatic carbocycles. The van der Waals surface area contributed by atoms with Crippen LogP contribution in [0.5, 0.6) is 0 Å². The third kappa shape index (κ3) is 2.30. The molecular formula is C7H6ClF2N3O2. The summed E-state index contributed by atoms with van der Waals surface area (Å²) < 4.78 is 24.9. The van der Waals surface area contributed by atoms with Crippen LogP contribution in [0.25, 0.3) is 0 Å². The number of hydrogen-bond donors (Lipinski definition) is 1. The molecule has 0 saturated heterocycles. The van der Waals surface area contributed by atoms with Gasteiger partial charge >= 0.3 is 0 Å². The van der Waals surface area contributed by atoms with Crippen molar-refractivity contribution >= 4 is 23.1 Å². The van der Waals surface area contributed by atoms with Gasteiger partial charge in [-0.3, -0.25) is 10.1 Å². The van der Waals surface area contributed by atoms with E-state index >= 15 is 0 Å². The maximum atomic E-state index is 12.4. The number of pyridine rings is 1. The Kier molecular flexibility index (Phi) is 3.35. The van der Waals surface area contributed by atoms with Crippen molar-refractivity contribution in [2.45, 2.75) is 12.3 Å². The van der Waals surface area contributed by atoms with E-state index in [0.29, 0.717) is 0 Å². The summed E-state index contributed by atoms with van der Waals surface area (Å²) in [7, 11) is 0. The second-order valence-corrected chi connectivity index (χ2v) is 2.89. The first-order valence-electron chi connectivity index (χ1n) is 3.75. The summed E-state index contributed by atoms with van der Waals surface area (Å²) in [6.07, 6.45) is -2.94. The molecular weight excluding hydrogens is 232 g/mol. The van der Waals surface area contributed by atoms with Crippen LogP contribution in [0.2, 0.25) is 0 Å². The molecule has 8 heteroatoms. The van der Waals surface area contributed by atoms with Crippen LogP contribution in [-0.4, -0.2) is 9.91 Å². The quantitative estimate of drug-likeness (QED) is 0.497. The third-order valence-corrected chi connectivity index (χ3v) is 1.96. The number of hydrogen-bond acceptors (Lipinski definition) is 4. The van der Waals surface area contributed by atoms with Gasteiger partial charge in [0.25, 0.3) is 12.1 Å². The molecule has 1 heterocycles. The second kappa shape index (κ2) is 4.35. The number of nitro groups is 1. The third-order valence-electron chi connectivity index (χ3n) is 1.69. The molecule has 0 aliphatic carbocycles. The van der Waals surface area contributed by atoms with Crippen molar-refractivity contribution < 1.29 is 13.7 Å². The molecule has 15 heavy (non-hydrogen) atoms. The topological polar surface area (TPSA) is 82.0 Å². The van der Waals surface area contributed by atoms with Crippen LogP contribution in [0.3, 0.4) is 0 Å². The van der Waals surface area contributed by atoms with Gasteiger partial charge in [-0.1, -0.05) is 0 Å². The molecule has 82 valence electrons. The van der Waals surface area contributed by atoms with E-state index in [-0.39, 0.29) is 11.4 Å². The van der Waals surface area contributed by atoms with E-state index in [2.05, 4.69) is 4.98 Å². The summed E-state index contributed by atoms with van der Waals surface area (Å²) in [6.45, 7) is 0. The van der Waals surface area contributed by atoms with E-state index < -0.39 is 28.6 Å². The number of anilines is 1. The lowest BCUT2D eigenvalue weighted by Gasteiger charge is -2.06. The van der Waals surface area contributed by atoms with Crippen LogP contribution in [-0.2, 0) is 5.88 Å². The van der Waals surface area contributed by atoms with Crippen LogP contribution in [0.15, 0.2) is 6.07 Å². The van der Waals surface area contributed by atoms with Gasteiger partial charge in [-0.05, 0) is 0 Å². The van der Waals surface area contributed by atoms with Crippen LogP contribution in [0, 0.1) is 10.1 Å². The minimum Gasteiger partial charge on any atom is -0.383 e. The monoisotopic (exact) mass is 237 g/mol. The van der Waals surface area contributed by atoms with Gasteiger partial charge in [-0.25, -0.2) is 13.8 Å². The minimum absolute atomic E-state index is 0.300. The molecule has 0 atom stereocenters. The predicted octanol–water partition coefficient (Wildman–Crippen LogP) is 2.25. The molecule has 0 bridgehead atoms. The second-order valence-electron chi connectivity index (χ2n) is 2.62. The zero-order chi connectivity index (χ0) is 11.6. The Morgan fingerprint density at radius 1 is 1.67 bits per heavy atom. The Morgan fingerprint density at radius 2 is 2.27 bits per heavy atom. The molecule has 1 aromatic heterocycles. The van der Waals surface area contributed by atoms with E-state index in [1.54, 1.807) is 0 Å². The van der Waals surface area contributed by atoms with E-state index in [1.165, 1.54) is 0 Å². The van der Waals surface area contributed by atoms with Gasteiger partial charge in [0.05, 0.1) is 22.4 Å². The summed E-state index contributed by atoms with van der Waals surface area (Å²) >= 11 is 5.36. The normalized spacial score (nSPS) is 10.7. The average molecular weight is 238 g/mol. The zero-order valence-electron chi connectivity index (χ0n) is 7.28. The highest BCUT2D eigenvalue weighted by Crippen LogP contribution is 2.30. The molecule has 2 N–H and O–H groups in total. The zero-order valence-corrected chi connectivity index (χ0v) is 8.04. The van der Waals surface area contributed by atoms with Crippen molar-refractivity contribution in [1.29, 1.82) is 0 Å². The van der Waals surface area contributed by atoms with E-state index in [9.17, 15) is 18.9 Å². The van der Waals surface area contributed by atoms with Crippen LogP contribution in [0.1, 0.15) is 17.7 Å². The lowest BCUT2D eigenvalue weighted by Crippen LogP contribution is -2.05. The van der Waals surface area contributed by atoms with Crippen LogP contribution < -0.4 is 5.73 Å². The van der Waals surface area contributed by atoms with E-state index in [1.807, 2.05) is 0 Å². The molecule has 0 aliphatic heterocycles. The van der Waals surface area contributed by atoms with E-state index in [4.69, 9.17) is 17.3 Å². The first-order chi connectivity index (χ1) is 6.97. The highest BCUT2D eigenvalue weighted by atomic mass is 35.5. The van der Waals surface area contributed by atoms with Gasteiger partial charge in [0, 0.05) is 0 Å². The summed E-state index contributed by atoms with van der Waals surface area (Å²) in [5, 5.41) is 10.5. The lowest BCUT2D eigenvalue weighted by molar-refractivity contribution is -0.385. The maximum Gasteiger partial charge on any atom is 0.281 e. The number of nitrogen functional groups attached to an aromatic ring is 1. The van der Waals surface area contributed by atoms with Crippen molar-refractivity contribution in [2.75, 3.05) is 5.73 Å². The minimum atomic E-state index is -2.94. The molecule has 0 radical (unpaired) electrons. The van der Waals surface area contributed by atoms with Crippen molar-refractivity contribution in [3.63, 3.8) is 0 Å². The summed E-state index contributed by atoms with van der Waals surface area (Å²) in [5.74, 6) is -0.741. The van der Waals surface area contributed by atoms with Crippen molar-refractivity contribution in [3.8, 4) is 0 Å².